The Bertz CT molecular complexity index is 208. The smallest absolute Gasteiger partial charge is 0.307 e. The van der Waals surface area contributed by atoms with E-state index in [1.165, 1.54) is 32.1 Å². The van der Waals surface area contributed by atoms with E-state index in [0.717, 1.165) is 0 Å². The van der Waals surface area contributed by atoms with Gasteiger partial charge in [0.25, 0.3) is 0 Å². The van der Waals surface area contributed by atoms with Crippen molar-refractivity contribution in [1.29, 1.82) is 0 Å². The van der Waals surface area contributed by atoms with Crippen molar-refractivity contribution in [2.45, 2.75) is 25.9 Å². The van der Waals surface area contributed by atoms with E-state index in [1.807, 2.05) is 12.2 Å². The molecule has 80 valence electrons. The predicted octanol–water partition coefficient (Wildman–Crippen LogP) is -0.181. The fourth-order valence-electron chi connectivity index (χ4n) is 1.96. The Morgan fingerprint density at radius 2 is 1.93 bits per heavy atom. The molecule has 0 aliphatic carbocycles. The van der Waals surface area contributed by atoms with Crippen LogP contribution in [0.25, 0.3) is 0 Å². The van der Waals surface area contributed by atoms with Crippen molar-refractivity contribution in [1.82, 2.24) is 4.90 Å². The first-order chi connectivity index (χ1) is 6.64. The largest absolute Gasteiger partial charge is 1.00 e. The molecule has 1 nitrogen and oxygen atoms in total. The molecule has 0 radical (unpaired) electrons. The molecule has 0 N–H and O–H groups in total. The Labute approximate surface area is 108 Å². The number of allylic oxidation sites excluding steroid dienone is 3. The van der Waals surface area contributed by atoms with E-state index in [0.29, 0.717) is 0 Å². The molecule has 1 fully saturated rings. The Kier molecular flexibility index (Phi) is 7.47. The molecule has 0 bridgehead atoms. The topological polar surface area (TPSA) is 3.24 Å². The summed E-state index contributed by atoms with van der Waals surface area (Å²) in [7, 11) is -1.14. The first kappa shape index (κ1) is 15.1. The third-order valence-corrected chi connectivity index (χ3v) is 4.98. The van der Waals surface area contributed by atoms with Crippen LogP contribution < -0.4 is 18.9 Å². The van der Waals surface area contributed by atoms with Gasteiger partial charge in [0, 0.05) is 8.07 Å². The van der Waals surface area contributed by atoms with Gasteiger partial charge in [0.15, 0.2) is 0 Å². The second-order valence-electron chi connectivity index (χ2n) is 4.76. The van der Waals surface area contributed by atoms with Crippen LogP contribution in [0.1, 0.15) is 12.8 Å². The van der Waals surface area contributed by atoms with Crippen LogP contribution in [0.3, 0.4) is 0 Å². The second kappa shape index (κ2) is 7.41. The zero-order valence-corrected chi connectivity index (χ0v) is 11.5. The maximum absolute atomic E-state index is 3.68. The van der Waals surface area contributed by atoms with E-state index < -0.39 is 8.07 Å². The quantitative estimate of drug-likeness (QED) is 0.349. The number of hydrogen-bond acceptors (Lipinski definition) is 1. The van der Waals surface area contributed by atoms with Crippen molar-refractivity contribution >= 4 is 8.07 Å². The van der Waals surface area contributed by atoms with Crippen LogP contribution >= 0.6 is 0 Å². The molecule has 0 aromatic heterocycles. The van der Waals surface area contributed by atoms with E-state index >= 15 is 0 Å². The molecule has 0 atom stereocenters. The van der Waals surface area contributed by atoms with E-state index in [4.69, 9.17) is 0 Å². The fraction of sp³-hybridized carbons (Fsp3) is 0.583. The van der Waals surface area contributed by atoms with Crippen LogP contribution in [0.5, 0.6) is 0 Å². The zero-order valence-electron chi connectivity index (χ0n) is 10.5. The Balaban J connectivity index is 0.00000196. The predicted molar refractivity (Wildman–Crippen MR) is 66.8 cm³/mol. The van der Waals surface area contributed by atoms with Crippen LogP contribution in [0, 0.1) is 6.04 Å². The number of likely N-dealkylation sites (tertiary alicyclic amines) is 1. The average molecular weight is 215 g/mol. The summed E-state index contributed by atoms with van der Waals surface area (Å²) in [6, 6.07) is 2.41. The summed E-state index contributed by atoms with van der Waals surface area (Å²) >= 11 is 0. The van der Waals surface area contributed by atoms with Gasteiger partial charge in [-0.25, -0.2) is 18.2 Å². The molecule has 0 unspecified atom stereocenters. The Morgan fingerprint density at radius 3 is 2.47 bits per heavy atom. The SMILES string of the molecule is C=C/C=C/[CH-][Si](C)(C)CN1CCCC1.[Li+]. The molecular formula is C12H22LiNSi. The van der Waals surface area contributed by atoms with Crippen LogP contribution in [0.15, 0.2) is 24.8 Å². The monoisotopic (exact) mass is 215 g/mol. The Morgan fingerprint density at radius 1 is 1.33 bits per heavy atom. The van der Waals surface area contributed by atoms with Gasteiger partial charge in [0.2, 0.25) is 0 Å². The van der Waals surface area contributed by atoms with E-state index in [2.05, 4.69) is 36.7 Å². The summed E-state index contributed by atoms with van der Waals surface area (Å²) in [5.41, 5.74) is 0. The summed E-state index contributed by atoms with van der Waals surface area (Å²) in [6.45, 7) is 11.2. The number of hydrogen-bond donors (Lipinski definition) is 0. The maximum Gasteiger partial charge on any atom is 1.00 e. The molecule has 0 saturated carbocycles. The van der Waals surface area contributed by atoms with Gasteiger partial charge >= 0.3 is 18.9 Å². The molecule has 0 amide bonds. The molecule has 1 rings (SSSR count). The molecule has 1 aliphatic rings. The maximum atomic E-state index is 3.68. The van der Waals surface area contributed by atoms with Crippen molar-refractivity contribution < 1.29 is 18.9 Å². The van der Waals surface area contributed by atoms with Crippen molar-refractivity contribution in [3.05, 3.63) is 30.9 Å². The van der Waals surface area contributed by atoms with Gasteiger partial charge in [0.1, 0.15) is 0 Å². The minimum Gasteiger partial charge on any atom is -0.307 e. The summed E-state index contributed by atoms with van der Waals surface area (Å²) < 4.78 is 0. The van der Waals surface area contributed by atoms with Crippen LogP contribution in [-0.2, 0) is 0 Å². The minimum atomic E-state index is -1.14. The summed E-state index contributed by atoms with van der Waals surface area (Å²) in [5.74, 6) is 0. The Hall–Kier alpha value is 0.124. The normalized spacial score (nSPS) is 17.7. The van der Waals surface area contributed by atoms with Crippen LogP contribution in [0.2, 0.25) is 13.1 Å². The third kappa shape index (κ3) is 6.32. The second-order valence-corrected chi connectivity index (χ2v) is 9.39. The first-order valence-corrected chi connectivity index (χ1v) is 8.78. The average Bonchev–Trinajstić information content (AvgIpc) is 2.56. The van der Waals surface area contributed by atoms with Crippen LogP contribution in [-0.4, -0.2) is 32.2 Å². The molecule has 0 aromatic rings. The van der Waals surface area contributed by atoms with Gasteiger partial charge in [-0.1, -0.05) is 13.1 Å². The van der Waals surface area contributed by atoms with Crippen molar-refractivity contribution in [2.24, 2.45) is 0 Å². The fourth-order valence-corrected chi connectivity index (χ4v) is 4.17. The van der Waals surface area contributed by atoms with Gasteiger partial charge in [-0.15, -0.1) is 6.58 Å². The van der Waals surface area contributed by atoms with E-state index in [9.17, 15) is 0 Å². The molecule has 15 heavy (non-hydrogen) atoms. The van der Waals surface area contributed by atoms with Crippen molar-refractivity contribution in [2.75, 3.05) is 19.3 Å². The van der Waals surface area contributed by atoms with Gasteiger partial charge in [-0.05, 0) is 32.1 Å². The molecule has 1 heterocycles. The summed E-state index contributed by atoms with van der Waals surface area (Å²) in [4.78, 5) is 2.62. The molecule has 3 heteroatoms. The van der Waals surface area contributed by atoms with Gasteiger partial charge in [-0.2, -0.15) is 6.08 Å². The zero-order chi connectivity index (χ0) is 10.4. The van der Waals surface area contributed by atoms with Crippen molar-refractivity contribution in [3.63, 3.8) is 0 Å². The van der Waals surface area contributed by atoms with E-state index in [1.54, 1.807) is 0 Å². The molecular weight excluding hydrogens is 193 g/mol. The molecule has 0 aromatic carbocycles. The first-order valence-electron chi connectivity index (χ1n) is 5.50. The number of rotatable bonds is 5. The molecule has 0 spiro atoms. The summed E-state index contributed by atoms with van der Waals surface area (Å²) in [5, 5.41) is 0. The molecule has 1 saturated heterocycles. The number of nitrogens with zero attached hydrogens (tertiary/aromatic N) is 1. The van der Waals surface area contributed by atoms with Gasteiger partial charge in [0.05, 0.1) is 0 Å². The van der Waals surface area contributed by atoms with E-state index in [-0.39, 0.29) is 18.9 Å². The van der Waals surface area contributed by atoms with Crippen molar-refractivity contribution in [3.8, 4) is 0 Å². The standard InChI is InChI=1S/C12H22NSi.Li/c1-4-5-8-11-14(2,3)12-13-9-6-7-10-13;/h4-5,8,11H,1,6-7,9-10,12H2,2-3H3;/q-1;+1/b8-5+;. The van der Waals surface area contributed by atoms with Gasteiger partial charge < -0.3 is 4.90 Å². The molecule has 1 aliphatic heterocycles. The third-order valence-electron chi connectivity index (χ3n) is 2.62. The van der Waals surface area contributed by atoms with Crippen LogP contribution in [0.4, 0.5) is 0 Å². The summed E-state index contributed by atoms with van der Waals surface area (Å²) in [6.07, 6.45) is 10.1. The minimum absolute atomic E-state index is 0. The van der Waals surface area contributed by atoms with Gasteiger partial charge in [-0.3, -0.25) is 0 Å².